The molecule has 0 spiro atoms. The van der Waals surface area contributed by atoms with Gasteiger partial charge in [0.25, 0.3) is 0 Å². The lowest BCUT2D eigenvalue weighted by Gasteiger charge is -2.23. The number of carbonyl (C=O) groups excluding carboxylic acids is 1. The third-order valence-corrected chi connectivity index (χ3v) is 3.01. The molecule has 1 aromatic rings. The van der Waals surface area contributed by atoms with Crippen LogP contribution in [0.3, 0.4) is 0 Å². The van der Waals surface area contributed by atoms with Gasteiger partial charge in [-0.25, -0.2) is 0 Å². The number of furan rings is 1. The summed E-state index contributed by atoms with van der Waals surface area (Å²) in [5, 5.41) is 0. The Morgan fingerprint density at radius 2 is 2.17 bits per heavy atom. The molecule has 0 bridgehead atoms. The first-order valence-corrected chi connectivity index (χ1v) is 5.56. The van der Waals surface area contributed by atoms with Gasteiger partial charge in [0.05, 0.1) is 0 Å². The summed E-state index contributed by atoms with van der Waals surface area (Å²) in [6.45, 7) is 2.13. The first-order valence-electron chi connectivity index (χ1n) is 5.56. The minimum Gasteiger partial charge on any atom is -0.454 e. The van der Waals surface area contributed by atoms with E-state index in [2.05, 4.69) is 0 Å². The van der Waals surface area contributed by atoms with E-state index in [1.54, 1.807) is 6.92 Å². The van der Waals surface area contributed by atoms with Crippen molar-refractivity contribution in [2.75, 3.05) is 6.54 Å². The summed E-state index contributed by atoms with van der Waals surface area (Å²) in [7, 11) is 0. The fraction of sp³-hybridized carbons (Fsp3) is 0.545. The van der Waals surface area contributed by atoms with Crippen LogP contribution < -0.4 is 5.73 Å². The van der Waals surface area contributed by atoms with Crippen LogP contribution >= 0.6 is 0 Å². The zero-order chi connectivity index (χ0) is 13.5. The molecule has 2 N–H and O–H groups in total. The second kappa shape index (κ2) is 4.31. The summed E-state index contributed by atoms with van der Waals surface area (Å²) in [5.41, 5.74) is 5.78. The first kappa shape index (κ1) is 12.9. The van der Waals surface area contributed by atoms with Crippen LogP contribution in [0.5, 0.6) is 0 Å². The molecule has 0 radical (unpaired) electrons. The van der Waals surface area contributed by atoms with Crippen LogP contribution in [0.2, 0.25) is 0 Å². The number of alkyl halides is 3. The molecular weight excluding hydrogens is 249 g/mol. The molecule has 1 aromatic heterocycles. The van der Waals surface area contributed by atoms with E-state index in [9.17, 15) is 18.0 Å². The highest BCUT2D eigenvalue weighted by Gasteiger charge is 2.41. The van der Waals surface area contributed by atoms with E-state index in [1.807, 2.05) is 0 Å². The molecular formula is C11H13F3N2O2. The maximum atomic E-state index is 12.4. The molecule has 2 atom stereocenters. The highest BCUT2D eigenvalue weighted by Crippen LogP contribution is 2.37. The molecule has 2 unspecified atom stereocenters. The summed E-state index contributed by atoms with van der Waals surface area (Å²) in [6, 6.07) is 0.941. The molecule has 2 heterocycles. The van der Waals surface area contributed by atoms with Gasteiger partial charge in [0.2, 0.25) is 11.7 Å². The SMILES string of the molecule is CCN1C(=O)CC(N)C1c1ccc(C(F)(F)F)o1. The number of amides is 1. The van der Waals surface area contributed by atoms with Crippen LogP contribution in [0.15, 0.2) is 16.5 Å². The maximum absolute atomic E-state index is 12.4. The van der Waals surface area contributed by atoms with Gasteiger partial charge in [0.15, 0.2) is 0 Å². The van der Waals surface area contributed by atoms with Crippen molar-refractivity contribution in [1.29, 1.82) is 0 Å². The van der Waals surface area contributed by atoms with Gasteiger partial charge >= 0.3 is 6.18 Å². The summed E-state index contributed by atoms with van der Waals surface area (Å²) in [5.74, 6) is -1.15. The average Bonchev–Trinajstić information content (AvgIpc) is 2.81. The molecule has 1 aliphatic heterocycles. The second-order valence-electron chi connectivity index (χ2n) is 4.19. The summed E-state index contributed by atoms with van der Waals surface area (Å²) in [6.07, 6.45) is -4.40. The molecule has 7 heteroatoms. The van der Waals surface area contributed by atoms with Crippen molar-refractivity contribution in [3.63, 3.8) is 0 Å². The molecule has 0 aromatic carbocycles. The zero-order valence-electron chi connectivity index (χ0n) is 9.70. The quantitative estimate of drug-likeness (QED) is 0.885. The first-order chi connectivity index (χ1) is 8.34. The highest BCUT2D eigenvalue weighted by molar-refractivity contribution is 5.80. The molecule has 100 valence electrons. The van der Waals surface area contributed by atoms with Crippen molar-refractivity contribution >= 4 is 5.91 Å². The smallest absolute Gasteiger partial charge is 0.449 e. The van der Waals surface area contributed by atoms with Gasteiger partial charge in [-0.1, -0.05) is 0 Å². The number of carbonyl (C=O) groups is 1. The highest BCUT2D eigenvalue weighted by atomic mass is 19.4. The lowest BCUT2D eigenvalue weighted by atomic mass is 10.1. The van der Waals surface area contributed by atoms with Gasteiger partial charge in [0, 0.05) is 19.0 Å². The van der Waals surface area contributed by atoms with Gasteiger partial charge in [0.1, 0.15) is 11.8 Å². The van der Waals surface area contributed by atoms with E-state index in [4.69, 9.17) is 10.2 Å². The second-order valence-corrected chi connectivity index (χ2v) is 4.19. The summed E-state index contributed by atoms with van der Waals surface area (Å²) >= 11 is 0. The fourth-order valence-corrected chi connectivity index (χ4v) is 2.22. The largest absolute Gasteiger partial charge is 0.454 e. The zero-order valence-corrected chi connectivity index (χ0v) is 9.70. The Kier molecular flexibility index (Phi) is 3.10. The average molecular weight is 262 g/mol. The molecule has 1 amide bonds. The van der Waals surface area contributed by atoms with Gasteiger partial charge in [-0.15, -0.1) is 0 Å². The Hall–Kier alpha value is -1.50. The van der Waals surface area contributed by atoms with Crippen molar-refractivity contribution in [2.45, 2.75) is 31.6 Å². The minimum absolute atomic E-state index is 0.0857. The van der Waals surface area contributed by atoms with E-state index < -0.39 is 24.0 Å². The molecule has 0 aliphatic carbocycles. The Labute approximate surface area is 102 Å². The summed E-state index contributed by atoms with van der Waals surface area (Å²) in [4.78, 5) is 13.0. The van der Waals surface area contributed by atoms with Crippen LogP contribution in [0.4, 0.5) is 13.2 Å². The Morgan fingerprint density at radius 1 is 1.50 bits per heavy atom. The normalized spacial score (nSPS) is 24.9. The van der Waals surface area contributed by atoms with E-state index in [-0.39, 0.29) is 18.1 Å². The van der Waals surface area contributed by atoms with Crippen molar-refractivity contribution in [3.8, 4) is 0 Å². The Balaban J connectivity index is 2.31. The van der Waals surface area contributed by atoms with Crippen molar-refractivity contribution in [3.05, 3.63) is 23.7 Å². The Morgan fingerprint density at radius 3 is 2.67 bits per heavy atom. The van der Waals surface area contributed by atoms with E-state index in [0.717, 1.165) is 6.07 Å². The standard InChI is InChI=1S/C11H13F3N2O2/c1-2-16-9(17)5-6(15)10(16)7-3-4-8(18-7)11(12,13)14/h3-4,6,10H,2,5,15H2,1H3. The topological polar surface area (TPSA) is 59.5 Å². The van der Waals surface area contributed by atoms with Crippen LogP contribution in [-0.2, 0) is 11.0 Å². The summed E-state index contributed by atoms with van der Waals surface area (Å²) < 4.78 is 42.1. The van der Waals surface area contributed by atoms with Crippen molar-refractivity contribution < 1.29 is 22.4 Å². The van der Waals surface area contributed by atoms with Crippen LogP contribution in [0, 0.1) is 0 Å². The molecule has 1 aliphatic rings. The third-order valence-electron chi connectivity index (χ3n) is 3.01. The van der Waals surface area contributed by atoms with Gasteiger partial charge < -0.3 is 15.1 Å². The Bertz CT molecular complexity index is 455. The van der Waals surface area contributed by atoms with Crippen molar-refractivity contribution in [1.82, 2.24) is 4.90 Å². The number of hydrogen-bond donors (Lipinski definition) is 1. The van der Waals surface area contributed by atoms with Crippen LogP contribution in [0.1, 0.15) is 30.9 Å². The molecule has 2 rings (SSSR count). The van der Waals surface area contributed by atoms with Crippen molar-refractivity contribution in [2.24, 2.45) is 5.73 Å². The van der Waals surface area contributed by atoms with E-state index in [1.165, 1.54) is 11.0 Å². The van der Waals surface area contributed by atoms with Gasteiger partial charge in [-0.2, -0.15) is 13.2 Å². The predicted molar refractivity (Wildman–Crippen MR) is 56.4 cm³/mol. The lowest BCUT2D eigenvalue weighted by Crippen LogP contribution is -2.32. The molecule has 1 fully saturated rings. The lowest BCUT2D eigenvalue weighted by molar-refractivity contribution is -0.153. The van der Waals surface area contributed by atoms with Gasteiger partial charge in [-0.3, -0.25) is 4.79 Å². The number of nitrogens with zero attached hydrogens (tertiary/aromatic N) is 1. The number of likely N-dealkylation sites (tertiary alicyclic amines) is 1. The predicted octanol–water partition coefficient (Wildman–Crippen LogP) is 1.92. The third kappa shape index (κ3) is 2.10. The monoisotopic (exact) mass is 262 g/mol. The number of halogens is 3. The maximum Gasteiger partial charge on any atom is 0.449 e. The number of nitrogens with two attached hydrogens (primary N) is 1. The molecule has 18 heavy (non-hydrogen) atoms. The number of rotatable bonds is 2. The fourth-order valence-electron chi connectivity index (χ4n) is 2.22. The number of likely N-dealkylation sites (N-methyl/N-ethyl adjacent to an activating group) is 1. The van der Waals surface area contributed by atoms with Crippen LogP contribution in [0.25, 0.3) is 0 Å². The molecule has 4 nitrogen and oxygen atoms in total. The van der Waals surface area contributed by atoms with Crippen LogP contribution in [-0.4, -0.2) is 23.4 Å². The van der Waals surface area contributed by atoms with E-state index in [0.29, 0.717) is 6.54 Å². The minimum atomic E-state index is -4.53. The molecule has 0 saturated carbocycles. The van der Waals surface area contributed by atoms with E-state index >= 15 is 0 Å². The van der Waals surface area contributed by atoms with Gasteiger partial charge in [-0.05, 0) is 19.1 Å². The number of hydrogen-bond acceptors (Lipinski definition) is 3. The molecule has 1 saturated heterocycles.